The van der Waals surface area contributed by atoms with E-state index in [0.717, 1.165) is 13.0 Å². The molecule has 0 spiro atoms. The number of ether oxygens (including phenoxy) is 1. The number of alkyl halides is 3. The Hall–Kier alpha value is -2.78. The highest BCUT2D eigenvalue weighted by atomic mass is 19.4. The van der Waals surface area contributed by atoms with Crippen LogP contribution in [0.4, 0.5) is 18.9 Å². The first-order valence-electron chi connectivity index (χ1n) is 7.72. The van der Waals surface area contributed by atoms with Gasteiger partial charge in [-0.1, -0.05) is 5.16 Å². The molecule has 0 amide bonds. The van der Waals surface area contributed by atoms with E-state index in [-0.39, 0.29) is 6.10 Å². The quantitative estimate of drug-likeness (QED) is 0.285. The third-order valence-corrected chi connectivity index (χ3v) is 3.70. The predicted octanol–water partition coefficient (Wildman–Crippen LogP) is 2.03. The number of hydrogen-bond acceptors (Lipinski definition) is 6. The minimum absolute atomic E-state index is 0.328. The van der Waals surface area contributed by atoms with Gasteiger partial charge in [-0.15, -0.1) is 0 Å². The topological polar surface area (TPSA) is 94.2 Å². The van der Waals surface area contributed by atoms with E-state index in [1.807, 2.05) is 0 Å². The Morgan fingerprint density at radius 1 is 1.27 bits per heavy atom. The van der Waals surface area contributed by atoms with Gasteiger partial charge < -0.3 is 20.2 Å². The molecule has 1 aliphatic rings. The molecule has 10 heteroatoms. The zero-order valence-corrected chi connectivity index (χ0v) is 14.2. The van der Waals surface area contributed by atoms with E-state index in [0.29, 0.717) is 25.2 Å². The highest BCUT2D eigenvalue weighted by Crippen LogP contribution is 2.34. The zero-order valence-electron chi connectivity index (χ0n) is 14.2. The summed E-state index contributed by atoms with van der Waals surface area (Å²) >= 11 is 0. The van der Waals surface area contributed by atoms with Crippen molar-refractivity contribution < 1.29 is 32.3 Å². The first-order valence-corrected chi connectivity index (χ1v) is 7.72. The lowest BCUT2D eigenvalue weighted by Crippen LogP contribution is -2.26. The van der Waals surface area contributed by atoms with Gasteiger partial charge in [0.15, 0.2) is 5.84 Å². The number of nitrogens with zero attached hydrogens (tertiary/aromatic N) is 2. The average Bonchev–Trinajstić information content (AvgIpc) is 2.98. The number of amidine groups is 1. The molecule has 7 nitrogen and oxygen atoms in total. The molecule has 1 heterocycles. The number of halogens is 3. The van der Waals surface area contributed by atoms with Crippen LogP contribution in [-0.2, 0) is 25.3 Å². The number of benzene rings is 1. The third-order valence-electron chi connectivity index (χ3n) is 3.70. The van der Waals surface area contributed by atoms with Gasteiger partial charge in [0.2, 0.25) is 0 Å². The highest BCUT2D eigenvalue weighted by molar-refractivity contribution is 5.99. The van der Waals surface area contributed by atoms with Gasteiger partial charge in [-0.25, -0.2) is 4.79 Å². The number of nitrogens with two attached hydrogens (primary N) is 1. The molecule has 1 fully saturated rings. The second-order valence-electron chi connectivity index (χ2n) is 5.75. The molecule has 1 aromatic carbocycles. The van der Waals surface area contributed by atoms with Crippen molar-refractivity contribution in [2.45, 2.75) is 32.5 Å². The van der Waals surface area contributed by atoms with Crippen molar-refractivity contribution >= 4 is 23.5 Å². The van der Waals surface area contributed by atoms with Crippen molar-refractivity contribution in [1.29, 1.82) is 0 Å². The Balaban J connectivity index is 2.33. The molecule has 1 aromatic rings. The van der Waals surface area contributed by atoms with Crippen molar-refractivity contribution in [2.24, 2.45) is 10.9 Å². The molecule has 0 bridgehead atoms. The number of anilines is 1. The summed E-state index contributed by atoms with van der Waals surface area (Å²) in [5.74, 6) is -1.78. The van der Waals surface area contributed by atoms with Gasteiger partial charge in [0.05, 0.1) is 12.1 Å². The predicted molar refractivity (Wildman–Crippen MR) is 86.3 cm³/mol. The molecular weight excluding hydrogens is 355 g/mol. The van der Waals surface area contributed by atoms with Crippen LogP contribution in [0.2, 0.25) is 0 Å². The molecule has 1 aliphatic heterocycles. The van der Waals surface area contributed by atoms with Gasteiger partial charge in [0.25, 0.3) is 0 Å². The van der Waals surface area contributed by atoms with Crippen LogP contribution >= 0.6 is 0 Å². The van der Waals surface area contributed by atoms with Gasteiger partial charge in [-0.3, -0.25) is 4.79 Å². The Morgan fingerprint density at radius 3 is 2.54 bits per heavy atom. The number of hydrogen-bond donors (Lipinski definition) is 1. The monoisotopic (exact) mass is 373 g/mol. The Bertz CT molecular complexity index is 734. The summed E-state index contributed by atoms with van der Waals surface area (Å²) < 4.78 is 44.8. The molecule has 142 valence electrons. The SMILES string of the molecule is CC(=O)ON=C(N)c1cc(N2CC[C@H](OC(C)=O)C2)ccc1C(F)(F)F. The van der Waals surface area contributed by atoms with E-state index < -0.39 is 35.1 Å². The summed E-state index contributed by atoms with van der Waals surface area (Å²) in [5.41, 5.74) is 4.66. The molecule has 0 radical (unpaired) electrons. The molecule has 26 heavy (non-hydrogen) atoms. The van der Waals surface area contributed by atoms with E-state index in [4.69, 9.17) is 10.5 Å². The van der Waals surface area contributed by atoms with Crippen LogP contribution in [0.15, 0.2) is 23.4 Å². The van der Waals surface area contributed by atoms with Gasteiger partial charge in [0.1, 0.15) is 6.10 Å². The molecule has 0 unspecified atom stereocenters. The molecule has 2 N–H and O–H groups in total. The maximum absolute atomic E-state index is 13.2. The molecule has 0 aromatic heterocycles. The fraction of sp³-hybridized carbons (Fsp3) is 0.438. The fourth-order valence-corrected chi connectivity index (χ4v) is 2.64. The third kappa shape index (κ3) is 4.87. The van der Waals surface area contributed by atoms with Crippen molar-refractivity contribution in [3.05, 3.63) is 29.3 Å². The summed E-state index contributed by atoms with van der Waals surface area (Å²) in [6, 6.07) is 3.42. The first kappa shape index (κ1) is 19.5. The fourth-order valence-electron chi connectivity index (χ4n) is 2.64. The number of esters is 1. The summed E-state index contributed by atoms with van der Waals surface area (Å²) in [5, 5.41) is 3.25. The number of rotatable bonds is 4. The lowest BCUT2D eigenvalue weighted by Gasteiger charge is -2.21. The highest BCUT2D eigenvalue weighted by Gasteiger charge is 2.35. The first-order chi connectivity index (χ1) is 12.1. The Morgan fingerprint density at radius 2 is 1.96 bits per heavy atom. The normalized spacial score (nSPS) is 18.0. The van der Waals surface area contributed by atoms with Crippen LogP contribution in [0.1, 0.15) is 31.4 Å². The van der Waals surface area contributed by atoms with Crippen LogP contribution in [0.25, 0.3) is 0 Å². The maximum atomic E-state index is 13.2. The maximum Gasteiger partial charge on any atom is 0.417 e. The van der Waals surface area contributed by atoms with E-state index in [9.17, 15) is 22.8 Å². The van der Waals surface area contributed by atoms with Crippen molar-refractivity contribution in [2.75, 3.05) is 18.0 Å². The minimum Gasteiger partial charge on any atom is -0.461 e. The van der Waals surface area contributed by atoms with Gasteiger partial charge in [0, 0.05) is 38.1 Å². The van der Waals surface area contributed by atoms with E-state index in [2.05, 4.69) is 9.99 Å². The molecular formula is C16H18F3N3O4. The van der Waals surface area contributed by atoms with E-state index in [1.165, 1.54) is 19.1 Å². The molecule has 1 saturated heterocycles. The van der Waals surface area contributed by atoms with E-state index in [1.54, 1.807) is 4.90 Å². The van der Waals surface area contributed by atoms with Crippen molar-refractivity contribution in [3.63, 3.8) is 0 Å². The van der Waals surface area contributed by atoms with Crippen LogP contribution in [0.5, 0.6) is 0 Å². The van der Waals surface area contributed by atoms with Crippen LogP contribution in [0, 0.1) is 0 Å². The number of carbonyl (C=O) groups is 2. The average molecular weight is 373 g/mol. The number of carbonyl (C=O) groups excluding carboxylic acids is 2. The molecule has 2 rings (SSSR count). The van der Waals surface area contributed by atoms with Gasteiger partial charge in [-0.2, -0.15) is 13.2 Å². The molecule has 1 atom stereocenters. The van der Waals surface area contributed by atoms with Gasteiger partial charge in [-0.05, 0) is 18.2 Å². The second kappa shape index (κ2) is 7.63. The zero-order chi connectivity index (χ0) is 19.5. The minimum atomic E-state index is -4.66. The summed E-state index contributed by atoms with van der Waals surface area (Å²) in [6.07, 6.45) is -4.42. The lowest BCUT2D eigenvalue weighted by atomic mass is 10.0. The van der Waals surface area contributed by atoms with E-state index >= 15 is 0 Å². The Kier molecular flexibility index (Phi) is 5.73. The molecule has 0 aliphatic carbocycles. The standard InChI is InChI=1S/C16H18F3N3O4/c1-9(23)25-12-5-6-22(8-12)11-3-4-14(16(17,18)19)13(7-11)15(20)21-26-10(2)24/h3-4,7,12H,5-6,8H2,1-2H3,(H2,20,21)/t12-/m0/s1. The summed E-state index contributed by atoms with van der Waals surface area (Å²) in [6.45, 7) is 3.21. The smallest absolute Gasteiger partial charge is 0.417 e. The molecule has 0 saturated carbocycles. The largest absolute Gasteiger partial charge is 0.461 e. The number of oxime groups is 1. The summed E-state index contributed by atoms with van der Waals surface area (Å²) in [4.78, 5) is 27.9. The van der Waals surface area contributed by atoms with Crippen molar-refractivity contribution in [3.8, 4) is 0 Å². The van der Waals surface area contributed by atoms with Crippen LogP contribution < -0.4 is 10.6 Å². The summed E-state index contributed by atoms with van der Waals surface area (Å²) in [7, 11) is 0. The van der Waals surface area contributed by atoms with Gasteiger partial charge >= 0.3 is 18.1 Å². The Labute approximate surface area is 147 Å². The van der Waals surface area contributed by atoms with Crippen LogP contribution in [0.3, 0.4) is 0 Å². The lowest BCUT2D eigenvalue weighted by molar-refractivity contribution is -0.145. The van der Waals surface area contributed by atoms with Crippen molar-refractivity contribution in [1.82, 2.24) is 0 Å². The van der Waals surface area contributed by atoms with Crippen LogP contribution in [-0.4, -0.2) is 37.0 Å². The second-order valence-corrected chi connectivity index (χ2v) is 5.75.